The summed E-state index contributed by atoms with van der Waals surface area (Å²) in [5.74, 6) is -0.736. The zero-order chi connectivity index (χ0) is 28.9. The number of benzene rings is 2. The van der Waals surface area contributed by atoms with E-state index in [1.165, 1.54) is 0 Å². The van der Waals surface area contributed by atoms with Gasteiger partial charge in [-0.15, -0.1) is 0 Å². The molecule has 2 aromatic carbocycles. The first-order valence-corrected chi connectivity index (χ1v) is 13.7. The molecule has 0 bridgehead atoms. The predicted octanol–water partition coefficient (Wildman–Crippen LogP) is 6.01. The third kappa shape index (κ3) is 7.74. The van der Waals surface area contributed by atoms with Gasteiger partial charge in [-0.25, -0.2) is 4.79 Å². The molecule has 8 heteroatoms. The number of hydrogen-bond acceptors (Lipinski definition) is 5. The van der Waals surface area contributed by atoms with Crippen molar-refractivity contribution in [2.24, 2.45) is 5.92 Å². The average molecular weight is 538 g/mol. The van der Waals surface area contributed by atoms with Gasteiger partial charge in [-0.2, -0.15) is 0 Å². The minimum Gasteiger partial charge on any atom is -0.507 e. The fourth-order valence-electron chi connectivity index (χ4n) is 4.74. The van der Waals surface area contributed by atoms with Crippen LogP contribution in [0.1, 0.15) is 83.0 Å². The van der Waals surface area contributed by atoms with E-state index < -0.39 is 29.7 Å². The molecule has 2 atom stereocenters. The van der Waals surface area contributed by atoms with Gasteiger partial charge in [0.05, 0.1) is 0 Å². The Morgan fingerprint density at radius 2 is 1.67 bits per heavy atom. The first-order chi connectivity index (χ1) is 18.3. The van der Waals surface area contributed by atoms with E-state index in [1.807, 2.05) is 45.0 Å². The van der Waals surface area contributed by atoms with Gasteiger partial charge in [0.15, 0.2) is 0 Å². The summed E-state index contributed by atoms with van der Waals surface area (Å²) >= 11 is 0. The van der Waals surface area contributed by atoms with Crippen LogP contribution in [0.5, 0.6) is 5.75 Å². The Balaban J connectivity index is 2.07. The maximum Gasteiger partial charge on any atom is 0.408 e. The lowest BCUT2D eigenvalue weighted by molar-refractivity contribution is -0.146. The van der Waals surface area contributed by atoms with Crippen molar-refractivity contribution < 1.29 is 24.2 Å². The molecule has 39 heavy (non-hydrogen) atoms. The fraction of sp³-hybridized carbons (Fsp3) is 0.516. The molecule has 3 rings (SSSR count). The highest BCUT2D eigenvalue weighted by Crippen LogP contribution is 2.38. The summed E-state index contributed by atoms with van der Waals surface area (Å²) in [5.41, 5.74) is 1.73. The third-order valence-corrected chi connectivity index (χ3v) is 6.91. The summed E-state index contributed by atoms with van der Waals surface area (Å²) in [6.07, 6.45) is 2.07. The van der Waals surface area contributed by atoms with Gasteiger partial charge in [0.1, 0.15) is 23.4 Å². The molecule has 0 aliphatic heterocycles. The van der Waals surface area contributed by atoms with E-state index in [1.54, 1.807) is 50.8 Å². The summed E-state index contributed by atoms with van der Waals surface area (Å²) < 4.78 is 5.46. The highest BCUT2D eigenvalue weighted by molar-refractivity contribution is 6.00. The van der Waals surface area contributed by atoms with Crippen molar-refractivity contribution in [1.29, 1.82) is 0 Å². The molecule has 1 aliphatic rings. The number of ether oxygens (including phenoxy) is 1. The second kappa shape index (κ2) is 12.5. The number of aryl methyl sites for hydroxylation is 2. The van der Waals surface area contributed by atoms with Crippen LogP contribution in [-0.2, 0) is 14.3 Å². The smallest absolute Gasteiger partial charge is 0.408 e. The number of rotatable bonds is 9. The van der Waals surface area contributed by atoms with E-state index in [4.69, 9.17) is 4.74 Å². The minimum absolute atomic E-state index is 0.0277. The van der Waals surface area contributed by atoms with E-state index in [0.29, 0.717) is 23.2 Å². The number of alkyl carbamates (subject to hydrolysis) is 1. The molecule has 0 saturated heterocycles. The van der Waals surface area contributed by atoms with Crippen molar-refractivity contribution in [2.45, 2.75) is 97.9 Å². The molecule has 0 radical (unpaired) electrons. The monoisotopic (exact) mass is 537 g/mol. The summed E-state index contributed by atoms with van der Waals surface area (Å²) in [7, 11) is 0. The Morgan fingerprint density at radius 3 is 2.23 bits per heavy atom. The molecule has 0 aromatic heterocycles. The number of hydrogen-bond donors (Lipinski definition) is 3. The molecule has 8 nitrogen and oxygen atoms in total. The van der Waals surface area contributed by atoms with Crippen molar-refractivity contribution >= 4 is 23.6 Å². The molecular formula is C31H43N3O5. The largest absolute Gasteiger partial charge is 0.507 e. The third-order valence-electron chi connectivity index (χ3n) is 6.91. The van der Waals surface area contributed by atoms with E-state index >= 15 is 0 Å². The Bertz CT molecular complexity index is 1180. The van der Waals surface area contributed by atoms with Crippen molar-refractivity contribution in [3.05, 3.63) is 59.2 Å². The van der Waals surface area contributed by atoms with Crippen LogP contribution >= 0.6 is 0 Å². The van der Waals surface area contributed by atoms with Crippen molar-refractivity contribution in [2.75, 3.05) is 5.32 Å². The number of para-hydroxylation sites is 2. The topological polar surface area (TPSA) is 108 Å². The lowest BCUT2D eigenvalue weighted by Crippen LogP contribution is -2.57. The van der Waals surface area contributed by atoms with Gasteiger partial charge in [0, 0.05) is 17.3 Å². The molecule has 1 aliphatic carbocycles. The van der Waals surface area contributed by atoms with Crippen LogP contribution in [0.3, 0.4) is 0 Å². The standard InChI is InChI=1S/C31H43N3O5/c1-19(2)18-25(33-30(38)39-31(5,6)7)29(37)34(22-14-11-15-22)26(23-16-10-13-21(4)27(23)35)28(36)32-24-17-9-8-12-20(24)3/h8-10,12-13,16-17,19,22,25-26,35H,11,14-15,18H2,1-7H3,(H,32,36)(H,33,38). The lowest BCUT2D eigenvalue weighted by atomic mass is 9.87. The molecule has 0 spiro atoms. The molecule has 1 saturated carbocycles. The number of nitrogens with one attached hydrogen (secondary N) is 2. The van der Waals surface area contributed by atoms with E-state index in [2.05, 4.69) is 10.6 Å². The molecule has 3 N–H and O–H groups in total. The average Bonchev–Trinajstić information content (AvgIpc) is 2.79. The number of nitrogens with zero attached hydrogens (tertiary/aromatic N) is 1. The zero-order valence-electron chi connectivity index (χ0n) is 24.2. The number of phenolic OH excluding ortho intramolecular Hbond substituents is 1. The normalized spacial score (nSPS) is 15.2. The summed E-state index contributed by atoms with van der Waals surface area (Å²) in [6.45, 7) is 12.9. The maximum atomic E-state index is 14.3. The van der Waals surface area contributed by atoms with Crippen LogP contribution < -0.4 is 10.6 Å². The van der Waals surface area contributed by atoms with Crippen LogP contribution in [0.4, 0.5) is 10.5 Å². The van der Waals surface area contributed by atoms with Gasteiger partial charge >= 0.3 is 6.09 Å². The maximum absolute atomic E-state index is 14.3. The predicted molar refractivity (Wildman–Crippen MR) is 152 cm³/mol. The summed E-state index contributed by atoms with van der Waals surface area (Å²) in [6, 6.07) is 10.4. The lowest BCUT2D eigenvalue weighted by Gasteiger charge is -2.44. The minimum atomic E-state index is -1.10. The summed E-state index contributed by atoms with van der Waals surface area (Å²) in [4.78, 5) is 42.7. The molecule has 3 amide bonds. The van der Waals surface area contributed by atoms with Gasteiger partial charge in [0.25, 0.3) is 5.91 Å². The number of amides is 3. The number of anilines is 1. The van der Waals surface area contributed by atoms with Crippen molar-refractivity contribution in [1.82, 2.24) is 10.2 Å². The second-order valence-corrected chi connectivity index (χ2v) is 11.9. The number of aromatic hydroxyl groups is 1. The first-order valence-electron chi connectivity index (χ1n) is 13.7. The van der Waals surface area contributed by atoms with Gasteiger partial charge in [-0.1, -0.05) is 50.2 Å². The Labute approximate surface area is 232 Å². The molecule has 1 fully saturated rings. The highest BCUT2D eigenvalue weighted by atomic mass is 16.6. The van der Waals surface area contributed by atoms with Gasteiger partial charge in [-0.05, 0) is 83.4 Å². The summed E-state index contributed by atoms with van der Waals surface area (Å²) in [5, 5.41) is 16.9. The molecule has 212 valence electrons. The molecule has 2 aromatic rings. The quantitative estimate of drug-likeness (QED) is 0.363. The van der Waals surface area contributed by atoms with Crippen molar-refractivity contribution in [3.63, 3.8) is 0 Å². The molecule has 2 unspecified atom stereocenters. The van der Waals surface area contributed by atoms with Gasteiger partial charge < -0.3 is 25.4 Å². The Kier molecular flexibility index (Phi) is 9.64. The van der Waals surface area contributed by atoms with E-state index in [0.717, 1.165) is 24.8 Å². The van der Waals surface area contributed by atoms with Crippen LogP contribution in [0, 0.1) is 19.8 Å². The van der Waals surface area contributed by atoms with Crippen molar-refractivity contribution in [3.8, 4) is 5.75 Å². The first kappa shape index (κ1) is 30.0. The number of carbonyl (C=O) groups is 3. The number of carbonyl (C=O) groups excluding carboxylic acids is 3. The van der Waals surface area contributed by atoms with Crippen LogP contribution in [0.15, 0.2) is 42.5 Å². The number of phenols is 1. The zero-order valence-corrected chi connectivity index (χ0v) is 24.2. The SMILES string of the molecule is Cc1ccccc1NC(=O)C(c1cccc(C)c1O)N(C(=O)C(CC(C)C)NC(=O)OC(C)(C)C)C1CCC1. The molecule has 0 heterocycles. The van der Waals surface area contributed by atoms with Gasteiger partial charge in [-0.3, -0.25) is 9.59 Å². The van der Waals surface area contributed by atoms with E-state index in [-0.39, 0.29) is 23.6 Å². The fourth-order valence-corrected chi connectivity index (χ4v) is 4.74. The van der Waals surface area contributed by atoms with Crippen LogP contribution in [0.25, 0.3) is 0 Å². The van der Waals surface area contributed by atoms with Gasteiger partial charge in [0.2, 0.25) is 5.91 Å². The van der Waals surface area contributed by atoms with Crippen LogP contribution in [0.2, 0.25) is 0 Å². The Hall–Kier alpha value is -3.55. The molecular weight excluding hydrogens is 494 g/mol. The van der Waals surface area contributed by atoms with Crippen LogP contribution in [-0.4, -0.2) is 45.6 Å². The Morgan fingerprint density at radius 1 is 1.03 bits per heavy atom. The second-order valence-electron chi connectivity index (χ2n) is 11.9. The van der Waals surface area contributed by atoms with E-state index in [9.17, 15) is 19.5 Å². The highest BCUT2D eigenvalue weighted by Gasteiger charge is 2.43.